The Morgan fingerprint density at radius 1 is 1.50 bits per heavy atom. The number of fused-ring (bicyclic) bond motifs is 1. The number of nitrogens with zero attached hydrogens (tertiary/aromatic N) is 5. The van der Waals surface area contributed by atoms with Gasteiger partial charge >= 0.3 is 6.03 Å². The molecule has 12 heteroatoms. The fourth-order valence-corrected chi connectivity index (χ4v) is 1.74. The standard InChI is InChI=1S/C6H8N6O3S.2H2O/c1-2-16-10-4-3-9-5(8-10)7-6(13)11(9)12(14)15;;/h3-4H,2H2,1H3,(H,7,8,13);2*1H2. The van der Waals surface area contributed by atoms with E-state index in [0.717, 1.165) is 10.8 Å². The third kappa shape index (κ3) is 2.61. The van der Waals surface area contributed by atoms with Gasteiger partial charge in [-0.1, -0.05) is 6.92 Å². The normalized spacial score (nSPS) is 16.4. The molecule has 0 aromatic carbocycles. The van der Waals surface area contributed by atoms with Crippen molar-refractivity contribution in [1.82, 2.24) is 19.9 Å². The molecule has 2 aliphatic rings. The summed E-state index contributed by atoms with van der Waals surface area (Å²) in [5, 5.41) is 17.4. The van der Waals surface area contributed by atoms with Crippen molar-refractivity contribution >= 4 is 23.9 Å². The summed E-state index contributed by atoms with van der Waals surface area (Å²) in [4.78, 5) is 21.8. The molecule has 2 rings (SSSR count). The number of hydrogen-bond donors (Lipinski definition) is 1. The van der Waals surface area contributed by atoms with Crippen molar-refractivity contribution in [3.05, 3.63) is 22.5 Å². The first-order chi connectivity index (χ1) is 7.63. The van der Waals surface area contributed by atoms with E-state index in [0.29, 0.717) is 5.12 Å². The maximum Gasteiger partial charge on any atom is 0.408 e. The van der Waals surface area contributed by atoms with Crippen molar-refractivity contribution in [3.8, 4) is 0 Å². The molecule has 18 heavy (non-hydrogen) atoms. The zero-order chi connectivity index (χ0) is 11.7. The molecule has 0 aromatic heterocycles. The second kappa shape index (κ2) is 6.04. The highest BCUT2D eigenvalue weighted by Gasteiger charge is 2.43. The lowest BCUT2D eigenvalue weighted by Gasteiger charge is -2.21. The molecule has 0 spiro atoms. The van der Waals surface area contributed by atoms with Crippen LogP contribution < -0.4 is 5.32 Å². The highest BCUT2D eigenvalue weighted by atomic mass is 32.2. The lowest BCUT2D eigenvalue weighted by atomic mass is 10.7. The molecule has 2 aliphatic heterocycles. The Morgan fingerprint density at radius 3 is 2.72 bits per heavy atom. The molecule has 0 aliphatic carbocycles. The van der Waals surface area contributed by atoms with Crippen LogP contribution in [-0.2, 0) is 0 Å². The van der Waals surface area contributed by atoms with E-state index in [1.807, 2.05) is 6.92 Å². The second-order valence-electron chi connectivity index (χ2n) is 2.74. The van der Waals surface area contributed by atoms with Crippen LogP contribution in [0.15, 0.2) is 17.5 Å². The molecule has 0 saturated carbocycles. The van der Waals surface area contributed by atoms with Gasteiger partial charge in [0.2, 0.25) is 0 Å². The van der Waals surface area contributed by atoms with Gasteiger partial charge in [-0.3, -0.25) is 5.32 Å². The van der Waals surface area contributed by atoms with Crippen LogP contribution in [-0.4, -0.2) is 48.3 Å². The quantitative estimate of drug-likeness (QED) is 0.376. The molecule has 5 N–H and O–H groups in total. The van der Waals surface area contributed by atoms with E-state index < -0.39 is 11.1 Å². The maximum atomic E-state index is 11.2. The number of guanidine groups is 1. The Kier molecular flexibility index (Phi) is 5.35. The molecule has 2 amide bonds. The Bertz CT molecular complexity index is 400. The van der Waals surface area contributed by atoms with Crippen molar-refractivity contribution in [1.29, 1.82) is 0 Å². The van der Waals surface area contributed by atoms with Crippen molar-refractivity contribution in [2.24, 2.45) is 5.10 Å². The Balaban J connectivity index is 0.00000144. The van der Waals surface area contributed by atoms with Gasteiger partial charge in [0.25, 0.3) is 5.96 Å². The van der Waals surface area contributed by atoms with Gasteiger partial charge in [0, 0.05) is 5.75 Å². The molecular formula is C6H12N6O5S. The van der Waals surface area contributed by atoms with E-state index in [1.54, 1.807) is 0 Å². The van der Waals surface area contributed by atoms with E-state index in [2.05, 4.69) is 10.4 Å². The monoisotopic (exact) mass is 280 g/mol. The highest BCUT2D eigenvalue weighted by molar-refractivity contribution is 7.97. The molecule has 102 valence electrons. The fourth-order valence-electron chi connectivity index (χ4n) is 1.20. The minimum absolute atomic E-state index is 0. The van der Waals surface area contributed by atoms with E-state index in [9.17, 15) is 14.9 Å². The summed E-state index contributed by atoms with van der Waals surface area (Å²) in [6.45, 7) is 1.95. The third-order valence-electron chi connectivity index (χ3n) is 1.77. The van der Waals surface area contributed by atoms with Crippen molar-refractivity contribution in [3.63, 3.8) is 0 Å². The molecule has 0 atom stereocenters. The first kappa shape index (κ1) is 16.0. The van der Waals surface area contributed by atoms with Gasteiger partial charge in [0.1, 0.15) is 0 Å². The van der Waals surface area contributed by atoms with Crippen LogP contribution in [0.1, 0.15) is 6.92 Å². The number of hydrazone groups is 1. The van der Waals surface area contributed by atoms with E-state index >= 15 is 0 Å². The molecule has 0 bridgehead atoms. The minimum Gasteiger partial charge on any atom is -0.412 e. The molecule has 11 nitrogen and oxygen atoms in total. The van der Waals surface area contributed by atoms with Crippen LogP contribution in [0.2, 0.25) is 0 Å². The Hall–Kier alpha value is -2.05. The number of nitrogens with one attached hydrogen (secondary N) is 1. The molecule has 2 heterocycles. The molecule has 0 aromatic rings. The van der Waals surface area contributed by atoms with Crippen LogP contribution >= 0.6 is 11.9 Å². The molecule has 0 unspecified atom stereocenters. The van der Waals surface area contributed by atoms with Gasteiger partial charge < -0.3 is 11.0 Å². The lowest BCUT2D eigenvalue weighted by molar-refractivity contribution is -0.661. The van der Waals surface area contributed by atoms with Gasteiger partial charge in [-0.15, -0.1) is 5.10 Å². The van der Waals surface area contributed by atoms with Crippen LogP contribution in [0, 0.1) is 10.1 Å². The number of rotatable bonds is 3. The van der Waals surface area contributed by atoms with Gasteiger partial charge in [0.05, 0.1) is 17.5 Å². The summed E-state index contributed by atoms with van der Waals surface area (Å²) in [5.41, 5.74) is 0. The summed E-state index contributed by atoms with van der Waals surface area (Å²) in [6, 6.07) is -0.836. The summed E-state index contributed by atoms with van der Waals surface area (Å²) >= 11 is 1.40. The Labute approximate surface area is 106 Å². The van der Waals surface area contributed by atoms with Gasteiger partial charge in [-0.05, 0) is 11.9 Å². The van der Waals surface area contributed by atoms with E-state index in [4.69, 9.17) is 0 Å². The van der Waals surface area contributed by atoms with Crippen molar-refractivity contribution < 1.29 is 20.8 Å². The van der Waals surface area contributed by atoms with Gasteiger partial charge in [-0.25, -0.2) is 19.3 Å². The summed E-state index contributed by atoms with van der Waals surface area (Å²) in [6.07, 6.45) is 2.93. The Morgan fingerprint density at radius 2 is 2.17 bits per heavy atom. The lowest BCUT2D eigenvalue weighted by Crippen LogP contribution is -2.42. The minimum atomic E-state index is -0.836. The summed E-state index contributed by atoms with van der Waals surface area (Å²) < 4.78 is 1.52. The number of urea groups is 1. The number of hydrogen-bond acceptors (Lipinski definition) is 7. The van der Waals surface area contributed by atoms with E-state index in [-0.39, 0.29) is 16.9 Å². The third-order valence-corrected chi connectivity index (χ3v) is 2.49. The SMILES string of the molecule is CCSN1C=CN2C(=N1)NC(=O)N2[N+](=O)[O-].O.O. The van der Waals surface area contributed by atoms with Gasteiger partial charge in [0.15, 0.2) is 5.03 Å². The maximum absolute atomic E-state index is 11.2. The average Bonchev–Trinajstić information content (AvgIpc) is 2.53. The average molecular weight is 280 g/mol. The number of amides is 2. The molecular weight excluding hydrogens is 268 g/mol. The second-order valence-corrected chi connectivity index (χ2v) is 3.95. The number of nitro groups is 1. The first-order valence-corrected chi connectivity index (χ1v) is 5.31. The predicted molar refractivity (Wildman–Crippen MR) is 63.0 cm³/mol. The predicted octanol–water partition coefficient (Wildman–Crippen LogP) is -1.50. The summed E-state index contributed by atoms with van der Waals surface area (Å²) in [7, 11) is 0. The van der Waals surface area contributed by atoms with E-state index in [1.165, 1.54) is 28.8 Å². The fraction of sp³-hybridized carbons (Fsp3) is 0.333. The zero-order valence-electron chi connectivity index (χ0n) is 9.23. The molecule has 1 fully saturated rings. The zero-order valence-corrected chi connectivity index (χ0v) is 10.0. The van der Waals surface area contributed by atoms with Crippen molar-refractivity contribution in [2.75, 3.05) is 5.75 Å². The van der Waals surface area contributed by atoms with Crippen molar-refractivity contribution in [2.45, 2.75) is 6.92 Å². The smallest absolute Gasteiger partial charge is 0.408 e. The van der Waals surface area contributed by atoms with Crippen LogP contribution in [0.5, 0.6) is 0 Å². The largest absolute Gasteiger partial charge is 0.412 e. The number of hydrazine groups is 2. The molecule has 1 saturated heterocycles. The highest BCUT2D eigenvalue weighted by Crippen LogP contribution is 2.19. The van der Waals surface area contributed by atoms with Gasteiger partial charge in [-0.2, -0.15) is 5.01 Å². The number of carbonyl (C=O) groups excluding carboxylic acids is 1. The van der Waals surface area contributed by atoms with Crippen LogP contribution in [0.25, 0.3) is 0 Å². The topological polar surface area (TPSA) is 157 Å². The number of carbonyl (C=O) groups is 1. The molecule has 0 radical (unpaired) electrons. The van der Waals surface area contributed by atoms with Crippen LogP contribution in [0.4, 0.5) is 4.79 Å². The van der Waals surface area contributed by atoms with Crippen LogP contribution in [0.3, 0.4) is 0 Å². The first-order valence-electron chi connectivity index (χ1n) is 4.37. The summed E-state index contributed by atoms with van der Waals surface area (Å²) in [5.74, 6) is 0.915.